The molecular weight excluding hydrogens is 460 g/mol. The van der Waals surface area contributed by atoms with Crippen LogP contribution in [0.5, 0.6) is 0 Å². The maximum Gasteiger partial charge on any atom is 0.247 e. The van der Waals surface area contributed by atoms with Gasteiger partial charge in [0.1, 0.15) is 12.1 Å². The van der Waals surface area contributed by atoms with Crippen LogP contribution in [0, 0.1) is 6.92 Å². The lowest BCUT2D eigenvalue weighted by Crippen LogP contribution is -2.58. The van der Waals surface area contributed by atoms with Crippen molar-refractivity contribution in [2.24, 2.45) is 0 Å². The Morgan fingerprint density at radius 2 is 1.97 bits per heavy atom. The zero-order valence-electron chi connectivity index (χ0n) is 19.2. The van der Waals surface area contributed by atoms with Gasteiger partial charge in [-0.2, -0.15) is 12.6 Å². The number of thiol groups is 1. The Bertz CT molecular complexity index is 1020. The summed E-state index contributed by atoms with van der Waals surface area (Å²) in [6, 6.07) is 6.11. The summed E-state index contributed by atoms with van der Waals surface area (Å²) >= 11 is 6.04. The molecule has 0 spiro atoms. The summed E-state index contributed by atoms with van der Waals surface area (Å²) in [5.41, 5.74) is 4.78. The van der Waals surface area contributed by atoms with E-state index in [4.69, 9.17) is 0 Å². The quantitative estimate of drug-likeness (QED) is 0.443. The van der Waals surface area contributed by atoms with Crippen molar-refractivity contribution in [3.05, 3.63) is 41.0 Å². The fourth-order valence-electron chi connectivity index (χ4n) is 3.88. The number of likely N-dealkylation sites (tertiary alicyclic amines) is 1. The molecule has 0 saturated carbocycles. The number of nitrogens with zero attached hydrogens (tertiary/aromatic N) is 2. The molecule has 3 atom stereocenters. The Labute approximate surface area is 203 Å². The van der Waals surface area contributed by atoms with Crippen LogP contribution in [0.3, 0.4) is 0 Å². The van der Waals surface area contributed by atoms with E-state index in [1.807, 2.05) is 36.7 Å². The highest BCUT2D eigenvalue weighted by atomic mass is 32.1. The molecule has 0 radical (unpaired) electrons. The molecule has 8 nitrogen and oxygen atoms in total. The van der Waals surface area contributed by atoms with Crippen LogP contribution in [0.2, 0.25) is 0 Å². The van der Waals surface area contributed by atoms with Gasteiger partial charge in [0.05, 0.1) is 22.2 Å². The third kappa shape index (κ3) is 6.13. The fraction of sp³-hybridized carbons (Fsp3) is 0.478. The smallest absolute Gasteiger partial charge is 0.247 e. The summed E-state index contributed by atoms with van der Waals surface area (Å²) in [7, 11) is 0. The summed E-state index contributed by atoms with van der Waals surface area (Å²) in [5, 5.41) is 15.7. The zero-order chi connectivity index (χ0) is 24.3. The summed E-state index contributed by atoms with van der Waals surface area (Å²) in [6.45, 7) is 7.04. The number of amides is 3. The van der Waals surface area contributed by atoms with E-state index in [0.29, 0.717) is 6.54 Å². The highest BCUT2D eigenvalue weighted by Gasteiger charge is 2.44. The van der Waals surface area contributed by atoms with E-state index in [0.717, 1.165) is 21.7 Å². The molecule has 3 rings (SSSR count). The van der Waals surface area contributed by atoms with E-state index >= 15 is 0 Å². The van der Waals surface area contributed by atoms with Gasteiger partial charge >= 0.3 is 0 Å². The summed E-state index contributed by atoms with van der Waals surface area (Å²) in [6.07, 6.45) is -0.673. The van der Waals surface area contributed by atoms with Crippen molar-refractivity contribution in [3.63, 3.8) is 0 Å². The van der Waals surface area contributed by atoms with Crippen LogP contribution in [-0.2, 0) is 20.9 Å². The lowest BCUT2D eigenvalue weighted by molar-refractivity contribution is -0.142. The molecule has 3 unspecified atom stereocenters. The first-order valence-electron chi connectivity index (χ1n) is 10.7. The minimum Gasteiger partial charge on any atom is -0.391 e. The molecular formula is C23H30N4O4S2. The van der Waals surface area contributed by atoms with Crippen molar-refractivity contribution in [2.75, 3.05) is 6.54 Å². The van der Waals surface area contributed by atoms with Gasteiger partial charge < -0.3 is 20.6 Å². The van der Waals surface area contributed by atoms with Crippen molar-refractivity contribution >= 4 is 41.7 Å². The molecule has 1 aromatic carbocycles. The molecule has 1 aliphatic rings. The van der Waals surface area contributed by atoms with Crippen LogP contribution in [0.4, 0.5) is 0 Å². The Hall–Kier alpha value is -2.43. The van der Waals surface area contributed by atoms with Gasteiger partial charge in [0.2, 0.25) is 17.7 Å². The molecule has 1 fully saturated rings. The molecule has 33 heavy (non-hydrogen) atoms. The maximum atomic E-state index is 13.2. The standard InChI is InChI=1S/C23H30N4O4S2/c1-13-19(33-12-25-13)16-7-5-15(6-8-16)10-24-21(30)18-9-17(29)11-27(18)22(31)20(23(3,4)32)26-14(2)28/h5-8,12,17-18,20,29,32H,9-11H2,1-4H3,(H,24,30)(H,26,28). The first kappa shape index (κ1) is 25.2. The number of hydrogen-bond donors (Lipinski definition) is 4. The number of thiazole rings is 1. The number of benzene rings is 1. The monoisotopic (exact) mass is 490 g/mol. The molecule has 3 N–H and O–H groups in total. The molecule has 3 amide bonds. The summed E-state index contributed by atoms with van der Waals surface area (Å²) < 4.78 is -0.852. The van der Waals surface area contributed by atoms with Gasteiger partial charge in [0.15, 0.2) is 0 Å². The first-order chi connectivity index (χ1) is 15.5. The van der Waals surface area contributed by atoms with E-state index in [1.165, 1.54) is 11.8 Å². The number of aliphatic hydroxyl groups is 1. The number of carbonyl (C=O) groups is 3. The van der Waals surface area contributed by atoms with E-state index in [1.54, 1.807) is 25.2 Å². The number of aliphatic hydroxyl groups excluding tert-OH is 1. The summed E-state index contributed by atoms with van der Waals surface area (Å²) in [4.78, 5) is 44.5. The van der Waals surface area contributed by atoms with Crippen molar-refractivity contribution in [1.29, 1.82) is 0 Å². The highest BCUT2D eigenvalue weighted by molar-refractivity contribution is 7.81. The van der Waals surface area contributed by atoms with Crippen LogP contribution in [0.15, 0.2) is 29.8 Å². The third-order valence-corrected chi connectivity index (χ3v) is 6.83. The summed E-state index contributed by atoms with van der Waals surface area (Å²) in [5.74, 6) is -1.15. The van der Waals surface area contributed by atoms with Crippen molar-refractivity contribution in [1.82, 2.24) is 20.5 Å². The molecule has 2 aromatic rings. The zero-order valence-corrected chi connectivity index (χ0v) is 20.9. The van der Waals surface area contributed by atoms with E-state index in [-0.39, 0.29) is 24.8 Å². The normalized spacial score (nSPS) is 19.3. The largest absolute Gasteiger partial charge is 0.391 e. The molecule has 0 bridgehead atoms. The molecule has 1 aliphatic heterocycles. The number of aryl methyl sites for hydroxylation is 1. The average Bonchev–Trinajstić information content (AvgIpc) is 3.35. The van der Waals surface area contributed by atoms with Gasteiger partial charge in [0, 0.05) is 31.2 Å². The minimum absolute atomic E-state index is 0.0275. The minimum atomic E-state index is -0.929. The molecule has 10 heteroatoms. The second-order valence-corrected chi connectivity index (χ2v) is 10.9. The Morgan fingerprint density at radius 3 is 2.52 bits per heavy atom. The van der Waals surface area contributed by atoms with E-state index in [2.05, 4.69) is 28.2 Å². The van der Waals surface area contributed by atoms with Gasteiger partial charge in [-0.1, -0.05) is 24.3 Å². The number of nitrogens with one attached hydrogen (secondary N) is 2. The Balaban J connectivity index is 1.67. The van der Waals surface area contributed by atoms with E-state index in [9.17, 15) is 19.5 Å². The fourth-order valence-corrected chi connectivity index (χ4v) is 4.86. The average molecular weight is 491 g/mol. The topological polar surface area (TPSA) is 112 Å². The number of rotatable bonds is 7. The molecule has 0 aliphatic carbocycles. The van der Waals surface area contributed by atoms with Crippen LogP contribution >= 0.6 is 24.0 Å². The maximum absolute atomic E-state index is 13.2. The second-order valence-electron chi connectivity index (χ2n) is 8.86. The van der Waals surface area contributed by atoms with Crippen molar-refractivity contribution < 1.29 is 19.5 Å². The van der Waals surface area contributed by atoms with Gasteiger partial charge in [-0.25, -0.2) is 4.98 Å². The number of aromatic nitrogens is 1. The second kappa shape index (κ2) is 10.2. The van der Waals surface area contributed by atoms with Crippen LogP contribution in [0.25, 0.3) is 10.4 Å². The van der Waals surface area contributed by atoms with Crippen molar-refractivity contribution in [3.8, 4) is 10.4 Å². The Kier molecular flexibility index (Phi) is 7.81. The molecule has 1 saturated heterocycles. The molecule has 178 valence electrons. The number of carbonyl (C=O) groups excluding carboxylic acids is 3. The number of hydrogen-bond acceptors (Lipinski definition) is 7. The van der Waals surface area contributed by atoms with Crippen molar-refractivity contribution in [2.45, 2.75) is 63.6 Å². The highest BCUT2D eigenvalue weighted by Crippen LogP contribution is 2.28. The lowest BCUT2D eigenvalue weighted by atomic mass is 10.0. The van der Waals surface area contributed by atoms with Crippen LogP contribution < -0.4 is 10.6 Å². The lowest BCUT2D eigenvalue weighted by Gasteiger charge is -2.34. The third-order valence-electron chi connectivity index (χ3n) is 5.59. The molecule has 2 heterocycles. The predicted octanol–water partition coefficient (Wildman–Crippen LogP) is 1.91. The van der Waals surface area contributed by atoms with Gasteiger partial charge in [0.25, 0.3) is 0 Å². The Morgan fingerprint density at radius 1 is 1.30 bits per heavy atom. The van der Waals surface area contributed by atoms with Gasteiger partial charge in [-0.15, -0.1) is 11.3 Å². The SMILES string of the molecule is CC(=O)NC(C(=O)N1CC(O)CC1C(=O)NCc1ccc(-c2scnc2C)cc1)C(C)(C)S. The van der Waals surface area contributed by atoms with Crippen LogP contribution in [-0.4, -0.2) is 62.2 Å². The van der Waals surface area contributed by atoms with E-state index < -0.39 is 28.8 Å². The van der Waals surface area contributed by atoms with Gasteiger partial charge in [-0.3, -0.25) is 14.4 Å². The van der Waals surface area contributed by atoms with Crippen LogP contribution in [0.1, 0.15) is 38.4 Å². The predicted molar refractivity (Wildman–Crippen MR) is 131 cm³/mol. The number of β-amino-alcohol motifs (C(OH)–C–C–N with tert-alkyl or cyclic N) is 1. The molecule has 1 aromatic heterocycles. The van der Waals surface area contributed by atoms with Gasteiger partial charge in [-0.05, 0) is 31.9 Å². The first-order valence-corrected chi connectivity index (χ1v) is 12.0.